The highest BCUT2D eigenvalue weighted by molar-refractivity contribution is 7.90. The van der Waals surface area contributed by atoms with Crippen molar-refractivity contribution in [2.24, 2.45) is 0 Å². The van der Waals surface area contributed by atoms with Crippen molar-refractivity contribution in [2.75, 3.05) is 18.2 Å². The van der Waals surface area contributed by atoms with E-state index in [1.54, 1.807) is 42.5 Å². The Morgan fingerprint density at radius 2 is 1.89 bits per heavy atom. The summed E-state index contributed by atoms with van der Waals surface area (Å²) in [5.74, 6) is -0.652. The lowest BCUT2D eigenvalue weighted by atomic mass is 10.2. The minimum absolute atomic E-state index is 0.136. The van der Waals surface area contributed by atoms with Crippen molar-refractivity contribution in [2.45, 2.75) is 0 Å². The van der Waals surface area contributed by atoms with Gasteiger partial charge >= 0.3 is 0 Å². The van der Waals surface area contributed by atoms with Gasteiger partial charge in [0, 0.05) is 18.0 Å². The Hall–Kier alpha value is -1.17. The van der Waals surface area contributed by atoms with E-state index < -0.39 is 21.6 Å². The molecular formula is C12H14ClNO3S. The maximum atomic E-state index is 11.7. The molecular weight excluding hydrogens is 274 g/mol. The van der Waals surface area contributed by atoms with Crippen molar-refractivity contribution in [1.29, 1.82) is 0 Å². The van der Waals surface area contributed by atoms with Crippen molar-refractivity contribution in [3.63, 3.8) is 0 Å². The lowest BCUT2D eigenvalue weighted by molar-refractivity contribution is 0.102. The van der Waals surface area contributed by atoms with Crippen molar-refractivity contribution in [3.8, 4) is 0 Å². The largest absolute Gasteiger partial charge is 0.293 e. The number of benzene rings is 1. The van der Waals surface area contributed by atoms with Gasteiger partial charge < -0.3 is 0 Å². The number of carbonyl (C=O) groups excluding carboxylic acids is 1. The Morgan fingerprint density at radius 3 is 2.50 bits per heavy atom. The SMILES string of the molecule is O=C(CS(=O)(=O)NC/C=C/CCl)c1ccccc1. The Bertz CT molecular complexity index is 511. The van der Waals surface area contributed by atoms with Gasteiger partial charge in [0.2, 0.25) is 10.0 Å². The molecule has 1 N–H and O–H groups in total. The Kier molecular flexibility index (Phi) is 6.04. The average Bonchev–Trinajstić information content (AvgIpc) is 2.35. The standard InChI is InChI=1S/C12H14ClNO3S/c13-8-4-5-9-14-18(16,17)10-12(15)11-6-2-1-3-7-11/h1-7,14H,8-10H2/b5-4+. The predicted molar refractivity (Wildman–Crippen MR) is 72.4 cm³/mol. The van der Waals surface area contributed by atoms with E-state index >= 15 is 0 Å². The fourth-order valence-electron chi connectivity index (χ4n) is 1.25. The lowest BCUT2D eigenvalue weighted by Crippen LogP contribution is -2.30. The molecule has 6 heteroatoms. The van der Waals surface area contributed by atoms with E-state index in [0.717, 1.165) is 0 Å². The molecule has 0 aliphatic heterocycles. The molecule has 0 amide bonds. The van der Waals surface area contributed by atoms with E-state index in [-0.39, 0.29) is 6.54 Å². The van der Waals surface area contributed by atoms with Crippen molar-refractivity contribution in [1.82, 2.24) is 4.72 Å². The maximum absolute atomic E-state index is 11.7. The molecule has 0 atom stereocenters. The van der Waals surface area contributed by atoms with Crippen LogP contribution in [0, 0.1) is 0 Å². The van der Waals surface area contributed by atoms with Gasteiger partial charge in [0.05, 0.1) is 0 Å². The third-order valence-corrected chi connectivity index (χ3v) is 3.52. The third kappa shape index (κ3) is 5.44. The minimum atomic E-state index is -3.60. The quantitative estimate of drug-likeness (QED) is 0.470. The summed E-state index contributed by atoms with van der Waals surface area (Å²) in [7, 11) is -3.60. The van der Waals surface area contributed by atoms with Gasteiger partial charge in [-0.2, -0.15) is 0 Å². The topological polar surface area (TPSA) is 63.2 Å². The van der Waals surface area contributed by atoms with Gasteiger partial charge in [0.25, 0.3) is 0 Å². The summed E-state index contributed by atoms with van der Waals surface area (Å²) >= 11 is 5.40. The minimum Gasteiger partial charge on any atom is -0.293 e. The number of ketones is 1. The molecule has 1 aromatic carbocycles. The van der Waals surface area contributed by atoms with Crippen LogP contribution in [0.15, 0.2) is 42.5 Å². The predicted octanol–water partition coefficient (Wildman–Crippen LogP) is 1.58. The van der Waals surface area contributed by atoms with E-state index in [1.807, 2.05) is 0 Å². The number of alkyl halides is 1. The van der Waals surface area contributed by atoms with Crippen molar-refractivity contribution >= 4 is 27.4 Å². The number of sulfonamides is 1. The van der Waals surface area contributed by atoms with Gasteiger partial charge in [-0.3, -0.25) is 4.79 Å². The first-order valence-corrected chi connectivity index (χ1v) is 7.50. The normalized spacial score (nSPS) is 11.8. The smallest absolute Gasteiger partial charge is 0.219 e. The number of nitrogens with one attached hydrogen (secondary N) is 1. The summed E-state index contributed by atoms with van der Waals surface area (Å²) in [6.07, 6.45) is 3.22. The highest BCUT2D eigenvalue weighted by Gasteiger charge is 2.16. The van der Waals surface area contributed by atoms with Crippen molar-refractivity contribution in [3.05, 3.63) is 48.0 Å². The van der Waals surface area contributed by atoms with Gasteiger partial charge in [-0.25, -0.2) is 13.1 Å². The van der Waals surface area contributed by atoms with Crippen LogP contribution in [0.3, 0.4) is 0 Å². The molecule has 0 bridgehead atoms. The lowest BCUT2D eigenvalue weighted by Gasteiger charge is -2.03. The fraction of sp³-hybridized carbons (Fsp3) is 0.250. The summed E-state index contributed by atoms with van der Waals surface area (Å²) in [4.78, 5) is 11.7. The zero-order valence-electron chi connectivity index (χ0n) is 9.67. The fourth-order valence-corrected chi connectivity index (χ4v) is 2.34. The molecule has 0 aliphatic rings. The molecule has 98 valence electrons. The third-order valence-electron chi connectivity index (χ3n) is 2.09. The van der Waals surface area contributed by atoms with Gasteiger partial charge in [-0.15, -0.1) is 11.6 Å². The second kappa shape index (κ2) is 7.31. The first-order valence-electron chi connectivity index (χ1n) is 5.32. The van der Waals surface area contributed by atoms with E-state index in [2.05, 4.69) is 4.72 Å². The monoisotopic (exact) mass is 287 g/mol. The number of rotatable bonds is 7. The number of hydrogen-bond acceptors (Lipinski definition) is 3. The van der Waals surface area contributed by atoms with E-state index in [1.165, 1.54) is 0 Å². The molecule has 4 nitrogen and oxygen atoms in total. The molecule has 0 unspecified atom stereocenters. The highest BCUT2D eigenvalue weighted by atomic mass is 35.5. The number of carbonyl (C=O) groups is 1. The molecule has 18 heavy (non-hydrogen) atoms. The summed E-state index contributed by atoms with van der Waals surface area (Å²) in [5, 5.41) is 0. The van der Waals surface area contributed by atoms with Crippen LogP contribution >= 0.6 is 11.6 Å². The first-order chi connectivity index (χ1) is 8.55. The summed E-state index contributed by atoms with van der Waals surface area (Å²) in [5.41, 5.74) is 0.388. The number of allylic oxidation sites excluding steroid dienone is 1. The summed E-state index contributed by atoms with van der Waals surface area (Å²) in [6, 6.07) is 8.32. The second-order valence-corrected chi connectivity index (χ2v) is 5.64. The van der Waals surface area contributed by atoms with Crippen LogP contribution in [-0.2, 0) is 10.0 Å². The van der Waals surface area contributed by atoms with Crippen LogP contribution in [0.4, 0.5) is 0 Å². The first kappa shape index (κ1) is 14.9. The highest BCUT2D eigenvalue weighted by Crippen LogP contribution is 2.01. The molecule has 0 aliphatic carbocycles. The van der Waals surface area contributed by atoms with Gasteiger partial charge in [-0.05, 0) is 0 Å². The molecule has 0 saturated carbocycles. The second-order valence-electron chi connectivity index (χ2n) is 3.52. The maximum Gasteiger partial charge on any atom is 0.219 e. The molecule has 0 radical (unpaired) electrons. The summed E-state index contributed by atoms with van der Waals surface area (Å²) in [6.45, 7) is 0.136. The van der Waals surface area contributed by atoms with E-state index in [0.29, 0.717) is 11.4 Å². The number of halogens is 1. The van der Waals surface area contributed by atoms with E-state index in [4.69, 9.17) is 11.6 Å². The number of hydrogen-bond donors (Lipinski definition) is 1. The molecule has 0 aromatic heterocycles. The van der Waals surface area contributed by atoms with Gasteiger partial charge in [0.1, 0.15) is 5.75 Å². The molecule has 1 aromatic rings. The molecule has 0 spiro atoms. The van der Waals surface area contributed by atoms with Crippen LogP contribution < -0.4 is 4.72 Å². The van der Waals surface area contributed by atoms with Crippen molar-refractivity contribution < 1.29 is 13.2 Å². The zero-order chi connectivity index (χ0) is 13.4. The molecule has 0 saturated heterocycles. The van der Waals surface area contributed by atoms with Crippen LogP contribution in [0.25, 0.3) is 0 Å². The average molecular weight is 288 g/mol. The van der Waals surface area contributed by atoms with Gasteiger partial charge in [-0.1, -0.05) is 42.5 Å². The molecule has 1 rings (SSSR count). The Balaban J connectivity index is 2.56. The van der Waals surface area contributed by atoms with Crippen LogP contribution in [0.5, 0.6) is 0 Å². The molecule has 0 fully saturated rings. The molecule has 0 heterocycles. The van der Waals surface area contributed by atoms with E-state index in [9.17, 15) is 13.2 Å². The van der Waals surface area contributed by atoms with Crippen LogP contribution in [0.1, 0.15) is 10.4 Å². The van der Waals surface area contributed by atoms with Gasteiger partial charge in [0.15, 0.2) is 5.78 Å². The zero-order valence-corrected chi connectivity index (χ0v) is 11.2. The number of Topliss-reactive ketones (excluding diaryl/α,β-unsaturated/α-hetero) is 1. The van der Waals surface area contributed by atoms with Crippen LogP contribution in [-0.4, -0.2) is 32.4 Å². The van der Waals surface area contributed by atoms with Crippen LogP contribution in [0.2, 0.25) is 0 Å². The Morgan fingerprint density at radius 1 is 1.22 bits per heavy atom. The Labute approximate surface area is 112 Å². The summed E-state index contributed by atoms with van der Waals surface area (Å²) < 4.78 is 25.5.